The van der Waals surface area contributed by atoms with Crippen LogP contribution < -0.4 is 10.5 Å². The predicted octanol–water partition coefficient (Wildman–Crippen LogP) is 7.85. The van der Waals surface area contributed by atoms with Gasteiger partial charge in [0, 0.05) is 30.8 Å². The molecule has 0 spiro atoms. The third-order valence-corrected chi connectivity index (χ3v) is 10.4. The van der Waals surface area contributed by atoms with E-state index in [9.17, 15) is 14.7 Å². The van der Waals surface area contributed by atoms with Crippen molar-refractivity contribution in [2.24, 2.45) is 23.5 Å². The molecular formula is C38H58N2O4. The van der Waals surface area contributed by atoms with Crippen LogP contribution in [0.1, 0.15) is 121 Å². The van der Waals surface area contributed by atoms with Crippen LogP contribution in [-0.2, 0) is 16.0 Å². The third-order valence-electron chi connectivity index (χ3n) is 10.4. The molecule has 0 saturated carbocycles. The number of unbranched alkanes of at least 4 members (excludes halogenated alkanes) is 5. The fraction of sp³-hybridized carbons (Fsp3) is 0.684. The van der Waals surface area contributed by atoms with E-state index in [-0.39, 0.29) is 17.9 Å². The zero-order chi connectivity index (χ0) is 31.3. The van der Waals surface area contributed by atoms with Crippen molar-refractivity contribution in [2.75, 3.05) is 26.2 Å². The summed E-state index contributed by atoms with van der Waals surface area (Å²) in [6.45, 7) is 6.83. The number of benzene rings is 1. The van der Waals surface area contributed by atoms with Gasteiger partial charge in [0.25, 0.3) is 0 Å². The quantitative estimate of drug-likeness (QED) is 0.147. The number of hydrogen-bond donors (Lipinski definition) is 2. The number of ketones is 1. The van der Waals surface area contributed by atoms with Crippen molar-refractivity contribution < 1.29 is 19.4 Å². The number of nitrogens with zero attached hydrogens (tertiary/aromatic N) is 1. The molecule has 6 nitrogen and oxygen atoms in total. The number of fused-ring (bicyclic) bond motifs is 1. The van der Waals surface area contributed by atoms with Gasteiger partial charge >= 0.3 is 5.97 Å². The largest absolute Gasteiger partial charge is 0.493 e. The van der Waals surface area contributed by atoms with Crippen LogP contribution in [0.15, 0.2) is 42.0 Å². The second-order valence-electron chi connectivity index (χ2n) is 13.5. The second kappa shape index (κ2) is 17.9. The van der Waals surface area contributed by atoms with Crippen molar-refractivity contribution in [3.63, 3.8) is 0 Å². The lowest BCUT2D eigenvalue weighted by Crippen LogP contribution is -2.40. The molecule has 6 heteroatoms. The van der Waals surface area contributed by atoms with Crippen molar-refractivity contribution in [2.45, 2.75) is 122 Å². The number of carboxylic acids is 1. The van der Waals surface area contributed by atoms with E-state index in [0.717, 1.165) is 114 Å². The van der Waals surface area contributed by atoms with Gasteiger partial charge < -0.3 is 15.6 Å². The van der Waals surface area contributed by atoms with Crippen molar-refractivity contribution in [3.05, 3.63) is 53.1 Å². The number of nitrogens with two attached hydrogens (primary N) is 1. The number of rotatable bonds is 20. The lowest BCUT2D eigenvalue weighted by atomic mass is 9.80. The fourth-order valence-electron chi connectivity index (χ4n) is 7.93. The molecule has 1 aromatic rings. The second-order valence-corrected chi connectivity index (χ2v) is 13.5. The lowest BCUT2D eigenvalue weighted by molar-refractivity contribution is -0.143. The average Bonchev–Trinajstić information content (AvgIpc) is 3.64. The number of Topliss-reactive ketones (excluding diaryl/α,β-unsaturated/α-hetero) is 1. The van der Waals surface area contributed by atoms with E-state index in [1.165, 1.54) is 11.1 Å². The Morgan fingerprint density at radius 1 is 1.05 bits per heavy atom. The predicted molar refractivity (Wildman–Crippen MR) is 179 cm³/mol. The van der Waals surface area contributed by atoms with Crippen LogP contribution in [0.2, 0.25) is 0 Å². The van der Waals surface area contributed by atoms with E-state index in [0.29, 0.717) is 31.4 Å². The molecule has 0 radical (unpaired) electrons. The minimum atomic E-state index is -0.742. The molecule has 0 aromatic heterocycles. The molecular weight excluding hydrogens is 548 g/mol. The zero-order valence-electron chi connectivity index (χ0n) is 27.5. The smallest absolute Gasteiger partial charge is 0.308 e. The normalized spacial score (nSPS) is 23.8. The van der Waals surface area contributed by atoms with E-state index in [1.54, 1.807) is 0 Å². The van der Waals surface area contributed by atoms with Crippen LogP contribution in [0.5, 0.6) is 5.75 Å². The summed E-state index contributed by atoms with van der Waals surface area (Å²) in [6, 6.07) is 6.09. The molecule has 1 aliphatic carbocycles. The molecule has 4 rings (SSSR count). The topological polar surface area (TPSA) is 92.9 Å². The Morgan fingerprint density at radius 2 is 1.84 bits per heavy atom. The third kappa shape index (κ3) is 9.29. The number of allylic oxidation sites excluding steroid dienone is 4. The maximum absolute atomic E-state index is 14.0. The molecule has 1 saturated heterocycles. The monoisotopic (exact) mass is 606 g/mol. The highest BCUT2D eigenvalue weighted by atomic mass is 16.5. The van der Waals surface area contributed by atoms with Crippen LogP contribution in [0.4, 0.5) is 0 Å². The van der Waals surface area contributed by atoms with Crippen LogP contribution in [-0.4, -0.2) is 54.0 Å². The van der Waals surface area contributed by atoms with Gasteiger partial charge in [-0.15, -0.1) is 0 Å². The Kier molecular flexibility index (Phi) is 14.0. The van der Waals surface area contributed by atoms with Gasteiger partial charge in [-0.05, 0) is 74.6 Å². The molecule has 244 valence electrons. The number of carbonyl (C=O) groups excluding carboxylic acids is 1. The number of ether oxygens (including phenoxy) is 1. The van der Waals surface area contributed by atoms with Gasteiger partial charge in [-0.3, -0.25) is 14.5 Å². The minimum Gasteiger partial charge on any atom is -0.493 e. The van der Waals surface area contributed by atoms with Gasteiger partial charge in [0.1, 0.15) is 11.5 Å². The number of carboxylic acid groups (broad SMARTS) is 1. The summed E-state index contributed by atoms with van der Waals surface area (Å²) < 4.78 is 5.75. The maximum Gasteiger partial charge on any atom is 0.308 e. The maximum atomic E-state index is 14.0. The summed E-state index contributed by atoms with van der Waals surface area (Å²) in [5, 5.41) is 10.7. The van der Waals surface area contributed by atoms with Gasteiger partial charge in [0.05, 0.1) is 19.1 Å². The van der Waals surface area contributed by atoms with E-state index in [4.69, 9.17) is 10.5 Å². The van der Waals surface area contributed by atoms with Gasteiger partial charge in [-0.2, -0.15) is 0 Å². The van der Waals surface area contributed by atoms with Crippen LogP contribution in [0.3, 0.4) is 0 Å². The first-order valence-electron chi connectivity index (χ1n) is 17.8. The van der Waals surface area contributed by atoms with E-state index < -0.39 is 11.9 Å². The van der Waals surface area contributed by atoms with E-state index in [1.807, 2.05) is 6.07 Å². The minimum absolute atomic E-state index is 0.0553. The summed E-state index contributed by atoms with van der Waals surface area (Å²) in [6.07, 6.45) is 22.2. The van der Waals surface area contributed by atoms with E-state index >= 15 is 0 Å². The Labute approximate surface area is 266 Å². The number of hydrogen-bond acceptors (Lipinski definition) is 5. The SMILES string of the molecule is CCCCCC(CCCCCCN)C(=O)CN1C[C@H](c2ccc3c(c2)CCO3)[C@@H](C(=O)O)[C@@H]1CCC1=CC=CCC1CCC. The Balaban J connectivity index is 1.55. The van der Waals surface area contributed by atoms with Gasteiger partial charge in [0.2, 0.25) is 0 Å². The molecule has 1 aromatic carbocycles. The molecule has 3 N–H and O–H groups in total. The lowest BCUT2D eigenvalue weighted by Gasteiger charge is -2.29. The Bertz CT molecular complexity index is 1130. The standard InChI is InChI=1S/C38H58N2O4/c1-3-5-8-16-30(17-9-6-7-12-23-39)35(41)27-40-26-33(31-19-21-36-32(25-31)22-24-44-36)37(38(42)43)34(40)20-18-29-15-11-10-14-28(29)13-4-2/h10-11,15,19,21,25,28,30,33-34,37H,3-9,12-14,16-18,20,22-24,26-27,39H2,1-2H3,(H,42,43)/t28?,30?,33-,34+,37-/m1/s1. The molecule has 44 heavy (non-hydrogen) atoms. The van der Waals surface area contributed by atoms with Gasteiger partial charge in [0.15, 0.2) is 0 Å². The average molecular weight is 607 g/mol. The molecule has 3 aliphatic rings. The molecule has 5 atom stereocenters. The van der Waals surface area contributed by atoms with Crippen LogP contribution >= 0.6 is 0 Å². The first-order chi connectivity index (χ1) is 21.5. The summed E-state index contributed by atoms with van der Waals surface area (Å²) in [5.74, 6) is 0.400. The number of aliphatic carboxylic acids is 1. The van der Waals surface area contributed by atoms with E-state index in [2.05, 4.69) is 49.1 Å². The molecule has 0 bridgehead atoms. The van der Waals surface area contributed by atoms with Crippen molar-refractivity contribution in [1.29, 1.82) is 0 Å². The fourth-order valence-corrected chi connectivity index (χ4v) is 7.93. The summed E-state index contributed by atoms with van der Waals surface area (Å²) >= 11 is 0. The van der Waals surface area contributed by atoms with Crippen molar-refractivity contribution in [1.82, 2.24) is 4.90 Å². The highest BCUT2D eigenvalue weighted by Crippen LogP contribution is 2.42. The van der Waals surface area contributed by atoms with Crippen molar-refractivity contribution >= 4 is 11.8 Å². The Hall–Kier alpha value is -2.44. The Morgan fingerprint density at radius 3 is 2.59 bits per heavy atom. The molecule has 1 fully saturated rings. The molecule has 2 aliphatic heterocycles. The van der Waals surface area contributed by atoms with Crippen molar-refractivity contribution in [3.8, 4) is 5.75 Å². The summed E-state index contributed by atoms with van der Waals surface area (Å²) in [5.41, 5.74) is 9.38. The highest BCUT2D eigenvalue weighted by Gasteiger charge is 2.47. The number of likely N-dealkylation sites (tertiary alicyclic amines) is 1. The summed E-state index contributed by atoms with van der Waals surface area (Å²) in [7, 11) is 0. The van der Waals surface area contributed by atoms with Crippen LogP contribution in [0.25, 0.3) is 0 Å². The molecule has 0 amide bonds. The highest BCUT2D eigenvalue weighted by molar-refractivity contribution is 5.83. The first-order valence-corrected chi connectivity index (χ1v) is 17.8. The summed E-state index contributed by atoms with van der Waals surface area (Å²) in [4.78, 5) is 29.3. The molecule has 2 unspecified atom stereocenters. The first kappa shape index (κ1) is 34.4. The van der Waals surface area contributed by atoms with Crippen LogP contribution in [0, 0.1) is 17.8 Å². The van der Waals surface area contributed by atoms with Gasteiger partial charge in [-0.25, -0.2) is 0 Å². The zero-order valence-corrected chi connectivity index (χ0v) is 27.5. The van der Waals surface area contributed by atoms with Gasteiger partial charge in [-0.1, -0.05) is 94.7 Å². The molecule has 2 heterocycles. The number of carbonyl (C=O) groups is 2.